The third-order valence-electron chi connectivity index (χ3n) is 9.02. The first-order valence-corrected chi connectivity index (χ1v) is 20.9. The van der Waals surface area contributed by atoms with Crippen molar-refractivity contribution in [2.75, 3.05) is 144 Å². The number of carbonyl (C=O) groups is 4. The summed E-state index contributed by atoms with van der Waals surface area (Å²) in [5, 5.41) is 5.34. The van der Waals surface area contributed by atoms with Gasteiger partial charge >= 0.3 is 0 Å². The van der Waals surface area contributed by atoms with E-state index in [1.54, 1.807) is 18.2 Å². The maximum atomic E-state index is 13.2. The summed E-state index contributed by atoms with van der Waals surface area (Å²) in [5.74, 6) is -2.16. The molecule has 1 unspecified atom stereocenters. The molecule has 0 spiro atoms. The maximum Gasteiger partial charge on any atom is 0.264 e. The van der Waals surface area contributed by atoms with Crippen LogP contribution in [-0.2, 0) is 57.0 Å². The Hall–Kier alpha value is -3.10. The Balaban J connectivity index is 0.988. The monoisotopic (exact) mass is 825 g/mol. The van der Waals surface area contributed by atoms with Crippen molar-refractivity contribution in [1.82, 2.24) is 10.2 Å². The molecule has 0 aromatic heterocycles. The molecule has 0 radical (unpaired) electrons. The van der Waals surface area contributed by atoms with Gasteiger partial charge in [-0.3, -0.25) is 29.4 Å². The number of amides is 4. The zero-order valence-electron chi connectivity index (χ0n) is 34.5. The highest BCUT2D eigenvalue weighted by atomic mass is 16.6. The molecule has 2 N–H and O–H groups in total. The highest BCUT2D eigenvalue weighted by Crippen LogP contribution is 2.32. The molecule has 2 aliphatic rings. The molecule has 3 rings (SSSR count). The normalized spacial score (nSPS) is 15.4. The Kier molecular flexibility index (Phi) is 27.8. The van der Waals surface area contributed by atoms with E-state index >= 15 is 0 Å². The lowest BCUT2D eigenvalue weighted by Gasteiger charge is -2.27. The Bertz CT molecular complexity index is 1290. The van der Waals surface area contributed by atoms with Crippen LogP contribution >= 0.6 is 0 Å². The standard InChI is InChI=1S/C41H67N3O14/c1-2-3-4-5-6-7-14-49-16-18-51-20-22-53-24-26-55-28-30-57-32-33-58-31-29-56-27-25-54-23-21-52-19-17-50-15-13-42-35-10-8-9-34-38(35)41(48)44(40(34)47)36-11-12-37(45)43-39(36)46/h8-10,36,42H,2-7,11-33H2,1H3,(H,43,45,46). The number of imide groups is 2. The van der Waals surface area contributed by atoms with Crippen molar-refractivity contribution in [1.29, 1.82) is 0 Å². The highest BCUT2D eigenvalue weighted by Gasteiger charge is 2.45. The van der Waals surface area contributed by atoms with Gasteiger partial charge in [-0.25, -0.2) is 0 Å². The molecule has 1 fully saturated rings. The van der Waals surface area contributed by atoms with Crippen molar-refractivity contribution in [2.45, 2.75) is 64.3 Å². The first-order chi connectivity index (χ1) is 28.5. The number of anilines is 1. The van der Waals surface area contributed by atoms with E-state index in [2.05, 4.69) is 17.6 Å². The summed E-state index contributed by atoms with van der Waals surface area (Å²) >= 11 is 0. The largest absolute Gasteiger partial charge is 0.382 e. The van der Waals surface area contributed by atoms with Crippen LogP contribution in [0.5, 0.6) is 0 Å². The number of fused-ring (bicyclic) bond motifs is 1. The SMILES string of the molecule is CCCCCCCCOCCOCCOCCOCCOCCOCCOCCOCCOCCOCCNc1cccc2c1C(=O)N(C1CCC(=O)NC1=O)C2=O. The van der Waals surface area contributed by atoms with Gasteiger partial charge in [-0.15, -0.1) is 0 Å². The second kappa shape index (κ2) is 32.7. The van der Waals surface area contributed by atoms with E-state index in [9.17, 15) is 19.2 Å². The van der Waals surface area contributed by atoms with E-state index < -0.39 is 29.7 Å². The lowest BCUT2D eigenvalue weighted by atomic mass is 10.0. The van der Waals surface area contributed by atoms with E-state index in [0.717, 1.165) is 17.9 Å². The second-order valence-corrected chi connectivity index (χ2v) is 13.5. The number of ether oxygens (including phenoxy) is 10. The van der Waals surface area contributed by atoms with Crippen LogP contribution in [0.4, 0.5) is 5.69 Å². The van der Waals surface area contributed by atoms with Gasteiger partial charge in [0.05, 0.1) is 137 Å². The molecule has 58 heavy (non-hydrogen) atoms. The van der Waals surface area contributed by atoms with Crippen LogP contribution < -0.4 is 10.6 Å². The number of hydrogen-bond donors (Lipinski definition) is 2. The summed E-state index contributed by atoms with van der Waals surface area (Å²) < 4.78 is 55.3. The third-order valence-corrected chi connectivity index (χ3v) is 9.02. The molecule has 330 valence electrons. The van der Waals surface area contributed by atoms with Gasteiger partial charge in [0.15, 0.2) is 0 Å². The molecule has 1 aromatic carbocycles. The van der Waals surface area contributed by atoms with Crippen molar-refractivity contribution < 1.29 is 66.5 Å². The average Bonchev–Trinajstić information content (AvgIpc) is 3.48. The fourth-order valence-electron chi connectivity index (χ4n) is 5.99. The van der Waals surface area contributed by atoms with E-state index in [0.29, 0.717) is 138 Å². The maximum absolute atomic E-state index is 13.2. The van der Waals surface area contributed by atoms with Crippen molar-refractivity contribution in [2.24, 2.45) is 0 Å². The van der Waals surface area contributed by atoms with E-state index in [4.69, 9.17) is 47.4 Å². The van der Waals surface area contributed by atoms with Crippen molar-refractivity contribution in [3.63, 3.8) is 0 Å². The fraction of sp³-hybridized carbons (Fsp3) is 0.756. The van der Waals surface area contributed by atoms with Gasteiger partial charge in [0.1, 0.15) is 6.04 Å². The van der Waals surface area contributed by atoms with Gasteiger partial charge in [-0.05, 0) is 25.0 Å². The van der Waals surface area contributed by atoms with E-state index in [-0.39, 0.29) is 24.0 Å². The highest BCUT2D eigenvalue weighted by molar-refractivity contribution is 6.25. The molecular weight excluding hydrogens is 758 g/mol. The van der Waals surface area contributed by atoms with E-state index in [1.807, 2.05) is 0 Å². The first-order valence-electron chi connectivity index (χ1n) is 20.9. The molecule has 4 amide bonds. The van der Waals surface area contributed by atoms with Crippen LogP contribution in [0.1, 0.15) is 79.0 Å². The minimum absolute atomic E-state index is 0.0670. The lowest BCUT2D eigenvalue weighted by Crippen LogP contribution is -2.54. The molecule has 17 nitrogen and oxygen atoms in total. The quantitative estimate of drug-likeness (QED) is 0.0728. The molecule has 17 heteroatoms. The average molecular weight is 826 g/mol. The summed E-state index contributed by atoms with van der Waals surface area (Å²) in [5.41, 5.74) is 0.913. The molecule has 1 atom stereocenters. The molecule has 0 aliphatic carbocycles. The summed E-state index contributed by atoms with van der Waals surface area (Å²) in [6, 6.07) is 3.91. The minimum atomic E-state index is -1.01. The summed E-state index contributed by atoms with van der Waals surface area (Å²) in [6.07, 6.45) is 7.78. The minimum Gasteiger partial charge on any atom is -0.382 e. The molecular formula is C41H67N3O14. The predicted octanol–water partition coefficient (Wildman–Crippen LogP) is 3.03. The zero-order chi connectivity index (χ0) is 41.3. The van der Waals surface area contributed by atoms with Crippen molar-refractivity contribution in [3.05, 3.63) is 29.3 Å². The van der Waals surface area contributed by atoms with Crippen LogP contribution in [-0.4, -0.2) is 173 Å². The van der Waals surface area contributed by atoms with Crippen LogP contribution in [0.15, 0.2) is 18.2 Å². The Labute approximate surface area is 343 Å². The zero-order valence-corrected chi connectivity index (χ0v) is 34.5. The Morgan fingerprint density at radius 2 is 0.983 bits per heavy atom. The number of benzene rings is 1. The van der Waals surface area contributed by atoms with E-state index in [1.165, 1.54) is 32.1 Å². The number of piperidine rings is 1. The smallest absolute Gasteiger partial charge is 0.264 e. The number of nitrogens with zero attached hydrogens (tertiary/aromatic N) is 1. The first kappa shape index (κ1) is 49.3. The van der Waals surface area contributed by atoms with Gasteiger partial charge in [0.25, 0.3) is 11.8 Å². The van der Waals surface area contributed by atoms with Crippen LogP contribution in [0, 0.1) is 0 Å². The summed E-state index contributed by atoms with van der Waals surface area (Å²) in [6.45, 7) is 12.6. The number of hydrogen-bond acceptors (Lipinski definition) is 15. The second-order valence-electron chi connectivity index (χ2n) is 13.5. The number of unbranched alkanes of at least 4 members (excludes halogenated alkanes) is 5. The fourth-order valence-corrected chi connectivity index (χ4v) is 5.99. The molecule has 1 saturated heterocycles. The number of nitrogens with one attached hydrogen (secondary N) is 2. The Morgan fingerprint density at radius 3 is 1.45 bits per heavy atom. The van der Waals surface area contributed by atoms with Crippen molar-refractivity contribution in [3.8, 4) is 0 Å². The topological polar surface area (TPSA) is 188 Å². The van der Waals surface area contributed by atoms with Crippen LogP contribution in [0.3, 0.4) is 0 Å². The van der Waals surface area contributed by atoms with Crippen LogP contribution in [0.25, 0.3) is 0 Å². The van der Waals surface area contributed by atoms with Gasteiger partial charge in [0, 0.05) is 25.3 Å². The molecule has 2 aliphatic heterocycles. The van der Waals surface area contributed by atoms with Crippen LogP contribution in [0.2, 0.25) is 0 Å². The van der Waals surface area contributed by atoms with Gasteiger partial charge in [0.2, 0.25) is 11.8 Å². The summed E-state index contributed by atoms with van der Waals surface area (Å²) in [7, 11) is 0. The molecule has 0 saturated carbocycles. The third kappa shape index (κ3) is 20.7. The van der Waals surface area contributed by atoms with Gasteiger partial charge in [-0.1, -0.05) is 45.1 Å². The summed E-state index contributed by atoms with van der Waals surface area (Å²) in [4.78, 5) is 50.9. The number of rotatable bonds is 39. The lowest BCUT2D eigenvalue weighted by molar-refractivity contribution is -0.136. The molecule has 2 heterocycles. The predicted molar refractivity (Wildman–Crippen MR) is 213 cm³/mol. The molecule has 1 aromatic rings. The van der Waals surface area contributed by atoms with Gasteiger partial charge < -0.3 is 52.7 Å². The Morgan fingerprint density at radius 1 is 0.552 bits per heavy atom. The van der Waals surface area contributed by atoms with Crippen molar-refractivity contribution >= 4 is 29.3 Å². The van der Waals surface area contributed by atoms with Gasteiger partial charge in [-0.2, -0.15) is 0 Å². The molecule has 0 bridgehead atoms. The number of carbonyl (C=O) groups excluding carboxylic acids is 4.